The van der Waals surface area contributed by atoms with Crippen molar-refractivity contribution in [2.75, 3.05) is 18.6 Å². The number of hydrogen-bond donors (Lipinski definition) is 8. The quantitative estimate of drug-likeness (QED) is 0.0634. The lowest BCUT2D eigenvalue weighted by atomic mass is 10.0. The molecule has 3 amide bonds. The van der Waals surface area contributed by atoms with Crippen molar-refractivity contribution in [1.82, 2.24) is 16.0 Å². The number of carbonyl (C=O) groups is 4. The average molecular weight is 506 g/mol. The lowest BCUT2D eigenvalue weighted by Crippen LogP contribution is -2.58. The summed E-state index contributed by atoms with van der Waals surface area (Å²) in [4.78, 5) is 53.4. The van der Waals surface area contributed by atoms with Crippen LogP contribution in [0.1, 0.15) is 40.0 Å². The topological polar surface area (TPSA) is 235 Å². The van der Waals surface area contributed by atoms with Crippen LogP contribution in [-0.2, 0) is 19.2 Å². The number of nitrogens with zero attached hydrogens (tertiary/aromatic N) is 1. The first-order chi connectivity index (χ1) is 15.8. The molecule has 11 N–H and O–H groups in total. The molecule has 0 saturated carbocycles. The molecule has 34 heavy (non-hydrogen) atoms. The molecule has 0 fully saturated rings. The van der Waals surface area contributed by atoms with Crippen molar-refractivity contribution in [3.63, 3.8) is 0 Å². The monoisotopic (exact) mass is 505 g/mol. The van der Waals surface area contributed by atoms with Gasteiger partial charge in [-0.1, -0.05) is 13.8 Å². The van der Waals surface area contributed by atoms with Crippen LogP contribution in [0.3, 0.4) is 0 Å². The van der Waals surface area contributed by atoms with Gasteiger partial charge in [0.15, 0.2) is 5.96 Å². The van der Waals surface area contributed by atoms with E-state index in [4.69, 9.17) is 17.2 Å². The van der Waals surface area contributed by atoms with Crippen LogP contribution < -0.4 is 33.2 Å². The third-order valence-corrected chi connectivity index (χ3v) is 5.52. The van der Waals surface area contributed by atoms with Crippen LogP contribution in [-0.4, -0.2) is 88.7 Å². The Morgan fingerprint density at radius 3 is 1.94 bits per heavy atom. The van der Waals surface area contributed by atoms with Gasteiger partial charge in [0.1, 0.15) is 24.2 Å². The zero-order chi connectivity index (χ0) is 26.4. The zero-order valence-electron chi connectivity index (χ0n) is 20.1. The number of carbonyl (C=O) groups excluding carboxylic acids is 3. The van der Waals surface area contributed by atoms with Gasteiger partial charge in [0.05, 0.1) is 6.10 Å². The number of aliphatic carboxylic acids is 1. The third-order valence-electron chi connectivity index (χ3n) is 4.87. The molecule has 13 nitrogen and oxygen atoms in total. The van der Waals surface area contributed by atoms with Crippen LogP contribution in [0.15, 0.2) is 4.99 Å². The highest BCUT2D eigenvalue weighted by molar-refractivity contribution is 7.98. The van der Waals surface area contributed by atoms with Crippen LogP contribution in [0.2, 0.25) is 0 Å². The lowest BCUT2D eigenvalue weighted by Gasteiger charge is -2.26. The van der Waals surface area contributed by atoms with Gasteiger partial charge >= 0.3 is 5.97 Å². The largest absolute Gasteiger partial charge is 0.480 e. The number of aliphatic hydroxyl groups excluding tert-OH is 1. The average Bonchev–Trinajstić information content (AvgIpc) is 2.74. The minimum Gasteiger partial charge on any atom is -0.480 e. The van der Waals surface area contributed by atoms with Crippen molar-refractivity contribution in [1.29, 1.82) is 0 Å². The van der Waals surface area contributed by atoms with Gasteiger partial charge in [0.2, 0.25) is 17.7 Å². The highest BCUT2D eigenvalue weighted by Crippen LogP contribution is 2.07. The van der Waals surface area contributed by atoms with E-state index in [-0.39, 0.29) is 31.3 Å². The second kappa shape index (κ2) is 16.1. The molecule has 0 spiro atoms. The molecule has 0 bridgehead atoms. The summed E-state index contributed by atoms with van der Waals surface area (Å²) >= 11 is 1.45. The van der Waals surface area contributed by atoms with E-state index in [0.717, 1.165) is 0 Å². The van der Waals surface area contributed by atoms with Crippen LogP contribution in [0.25, 0.3) is 0 Å². The number of amides is 3. The summed E-state index contributed by atoms with van der Waals surface area (Å²) in [7, 11) is 0. The summed E-state index contributed by atoms with van der Waals surface area (Å²) in [5.41, 5.74) is 16.3. The maximum Gasteiger partial charge on any atom is 0.326 e. The lowest BCUT2D eigenvalue weighted by molar-refractivity contribution is -0.143. The van der Waals surface area contributed by atoms with E-state index in [1.807, 2.05) is 6.26 Å². The van der Waals surface area contributed by atoms with Gasteiger partial charge in [-0.2, -0.15) is 11.8 Å². The summed E-state index contributed by atoms with van der Waals surface area (Å²) in [5, 5.41) is 26.5. The van der Waals surface area contributed by atoms with Gasteiger partial charge in [0, 0.05) is 6.54 Å². The Kier molecular flexibility index (Phi) is 14.9. The molecule has 196 valence electrons. The fourth-order valence-corrected chi connectivity index (χ4v) is 3.28. The molecule has 0 saturated heterocycles. The molecule has 5 atom stereocenters. The maximum absolute atomic E-state index is 13.0. The van der Waals surface area contributed by atoms with E-state index in [2.05, 4.69) is 20.9 Å². The number of thioether (sulfide) groups is 1. The van der Waals surface area contributed by atoms with Gasteiger partial charge < -0.3 is 43.4 Å². The molecule has 0 heterocycles. The van der Waals surface area contributed by atoms with Crippen LogP contribution in [0, 0.1) is 5.92 Å². The number of nitrogens with two attached hydrogens (primary N) is 3. The molecule has 0 aromatic heterocycles. The molecule has 0 aliphatic rings. The van der Waals surface area contributed by atoms with E-state index in [1.54, 1.807) is 13.8 Å². The first kappa shape index (κ1) is 31.4. The number of carboxylic acid groups (broad SMARTS) is 1. The molecule has 14 heteroatoms. The van der Waals surface area contributed by atoms with Gasteiger partial charge in [-0.05, 0) is 44.1 Å². The number of rotatable bonds is 16. The molecule has 0 aromatic rings. The van der Waals surface area contributed by atoms with Crippen molar-refractivity contribution < 1.29 is 29.4 Å². The Hall–Kier alpha value is -2.58. The Morgan fingerprint density at radius 1 is 0.941 bits per heavy atom. The third kappa shape index (κ3) is 12.0. The van der Waals surface area contributed by atoms with Crippen molar-refractivity contribution in [3.05, 3.63) is 0 Å². The number of aliphatic imine (C=N–C) groups is 1. The maximum atomic E-state index is 13.0. The Balaban J connectivity index is 5.55. The van der Waals surface area contributed by atoms with Gasteiger partial charge in [-0.25, -0.2) is 4.79 Å². The first-order valence-corrected chi connectivity index (χ1v) is 12.3. The molecular weight excluding hydrogens is 466 g/mol. The van der Waals surface area contributed by atoms with E-state index >= 15 is 0 Å². The highest BCUT2D eigenvalue weighted by Gasteiger charge is 2.31. The number of nitrogens with one attached hydrogen (secondary N) is 3. The molecular formula is C20H39N7O6S. The second-order valence-electron chi connectivity index (χ2n) is 8.19. The highest BCUT2D eigenvalue weighted by atomic mass is 32.2. The van der Waals surface area contributed by atoms with Gasteiger partial charge in [0.25, 0.3) is 0 Å². The predicted octanol–water partition coefficient (Wildman–Crippen LogP) is -2.30. The molecule has 0 aromatic carbocycles. The molecule has 5 unspecified atom stereocenters. The van der Waals surface area contributed by atoms with E-state index < -0.39 is 54.0 Å². The molecule has 0 aliphatic heterocycles. The standard InChI is InChI=1S/C20H39N7O6S/c1-10(2)15(19(32)33)27-17(30)13(7-9-34-4)25-16(29)12(6-5-8-24-20(22)23)26-18(31)14(21)11(3)28/h10-15,28H,5-9,21H2,1-4H3,(H,25,29)(H,26,31)(H,27,30)(H,32,33)(H4,22,23,24). The van der Waals surface area contributed by atoms with Crippen molar-refractivity contribution in [2.45, 2.75) is 70.3 Å². The Labute approximate surface area is 204 Å². The van der Waals surface area contributed by atoms with E-state index in [9.17, 15) is 29.4 Å². The predicted molar refractivity (Wildman–Crippen MR) is 131 cm³/mol. The Morgan fingerprint density at radius 2 is 1.47 bits per heavy atom. The zero-order valence-corrected chi connectivity index (χ0v) is 20.9. The van der Waals surface area contributed by atoms with E-state index in [1.165, 1.54) is 18.7 Å². The normalized spacial score (nSPS) is 15.4. The van der Waals surface area contributed by atoms with Gasteiger partial charge in [-0.15, -0.1) is 0 Å². The summed E-state index contributed by atoms with van der Waals surface area (Å²) in [6.45, 7) is 4.86. The number of guanidine groups is 1. The van der Waals surface area contributed by atoms with Crippen molar-refractivity contribution in [2.24, 2.45) is 28.1 Å². The first-order valence-electron chi connectivity index (χ1n) is 10.9. The SMILES string of the molecule is CSCCC(NC(=O)C(CCCN=C(N)N)NC(=O)C(N)C(C)O)C(=O)NC(C(=O)O)C(C)C. The Bertz CT molecular complexity index is 716. The van der Waals surface area contributed by atoms with Gasteiger partial charge in [-0.3, -0.25) is 19.4 Å². The fourth-order valence-electron chi connectivity index (χ4n) is 2.80. The number of carboxylic acids is 1. The summed E-state index contributed by atoms with van der Waals surface area (Å²) < 4.78 is 0. The second-order valence-corrected chi connectivity index (χ2v) is 9.17. The van der Waals surface area contributed by atoms with Crippen LogP contribution in [0.5, 0.6) is 0 Å². The van der Waals surface area contributed by atoms with Crippen LogP contribution in [0.4, 0.5) is 0 Å². The summed E-state index contributed by atoms with van der Waals surface area (Å²) in [6.07, 6.45) is 1.38. The van der Waals surface area contributed by atoms with Crippen LogP contribution >= 0.6 is 11.8 Å². The van der Waals surface area contributed by atoms with E-state index in [0.29, 0.717) is 12.2 Å². The minimum atomic E-state index is -1.26. The summed E-state index contributed by atoms with van der Waals surface area (Å²) in [6, 6.07) is -4.49. The molecule has 0 rings (SSSR count). The van der Waals surface area contributed by atoms with Crippen molar-refractivity contribution >= 4 is 41.4 Å². The summed E-state index contributed by atoms with van der Waals surface area (Å²) in [5.74, 6) is -3.20. The number of aliphatic hydroxyl groups is 1. The molecule has 0 aliphatic carbocycles. The number of hydrogen-bond acceptors (Lipinski definition) is 8. The smallest absolute Gasteiger partial charge is 0.326 e. The van der Waals surface area contributed by atoms with Crippen molar-refractivity contribution in [3.8, 4) is 0 Å². The minimum absolute atomic E-state index is 0.117. The fraction of sp³-hybridized carbons (Fsp3) is 0.750. The molecule has 0 radical (unpaired) electrons.